The molecule has 110 valence electrons. The Bertz CT molecular complexity index is 524. The van der Waals surface area contributed by atoms with Crippen molar-refractivity contribution >= 4 is 17.5 Å². The third-order valence-electron chi connectivity index (χ3n) is 3.12. The Morgan fingerprint density at radius 1 is 1.30 bits per heavy atom. The molecule has 0 radical (unpaired) electrons. The van der Waals surface area contributed by atoms with Crippen LogP contribution in [0.2, 0.25) is 0 Å². The van der Waals surface area contributed by atoms with E-state index in [2.05, 4.69) is 4.98 Å². The van der Waals surface area contributed by atoms with Gasteiger partial charge in [-0.2, -0.15) is 0 Å². The predicted octanol–water partition coefficient (Wildman–Crippen LogP) is 1.76. The van der Waals surface area contributed by atoms with Crippen molar-refractivity contribution in [1.29, 1.82) is 0 Å². The summed E-state index contributed by atoms with van der Waals surface area (Å²) in [6.45, 7) is 9.21. The summed E-state index contributed by atoms with van der Waals surface area (Å²) in [5.41, 5.74) is 5.73. The number of aromatic carboxylic acids is 1. The number of hydrogen-bond donors (Lipinski definition) is 2. The molecule has 6 heteroatoms. The molecule has 1 aliphatic rings. The maximum absolute atomic E-state index is 11.1. The Balaban J connectivity index is 2.40. The summed E-state index contributed by atoms with van der Waals surface area (Å²) >= 11 is 0. The first-order chi connectivity index (χ1) is 9.10. The van der Waals surface area contributed by atoms with Crippen LogP contribution in [0.1, 0.15) is 38.2 Å². The van der Waals surface area contributed by atoms with Gasteiger partial charge in [0.05, 0.1) is 16.9 Å². The maximum atomic E-state index is 11.1. The highest BCUT2D eigenvalue weighted by atomic mass is 16.5. The fourth-order valence-electron chi connectivity index (χ4n) is 2.77. The van der Waals surface area contributed by atoms with Gasteiger partial charge in [0.25, 0.3) is 0 Å². The lowest BCUT2D eigenvalue weighted by molar-refractivity contribution is -0.133. The molecule has 0 amide bonds. The number of ether oxygens (including phenoxy) is 1. The van der Waals surface area contributed by atoms with Crippen LogP contribution in [-0.2, 0) is 4.74 Å². The third kappa shape index (κ3) is 3.01. The number of nitrogens with two attached hydrogens (primary N) is 1. The molecule has 1 aromatic heterocycles. The van der Waals surface area contributed by atoms with Crippen molar-refractivity contribution < 1.29 is 14.6 Å². The van der Waals surface area contributed by atoms with E-state index >= 15 is 0 Å². The van der Waals surface area contributed by atoms with Crippen LogP contribution >= 0.6 is 0 Å². The predicted molar refractivity (Wildman–Crippen MR) is 77.1 cm³/mol. The number of aromatic nitrogens is 1. The second kappa shape index (κ2) is 4.63. The van der Waals surface area contributed by atoms with Crippen molar-refractivity contribution in [2.45, 2.75) is 38.9 Å². The van der Waals surface area contributed by atoms with Crippen molar-refractivity contribution in [1.82, 2.24) is 4.98 Å². The van der Waals surface area contributed by atoms with Crippen LogP contribution in [0.3, 0.4) is 0 Å². The Morgan fingerprint density at radius 3 is 2.35 bits per heavy atom. The zero-order chi connectivity index (χ0) is 15.1. The molecule has 0 bridgehead atoms. The number of anilines is 2. The Kier molecular flexibility index (Phi) is 3.37. The number of carbonyl (C=O) groups is 1. The van der Waals surface area contributed by atoms with Crippen molar-refractivity contribution in [3.05, 3.63) is 17.8 Å². The van der Waals surface area contributed by atoms with E-state index in [9.17, 15) is 4.79 Å². The number of carboxylic acids is 1. The van der Waals surface area contributed by atoms with Crippen LogP contribution in [0.5, 0.6) is 0 Å². The lowest BCUT2D eigenvalue weighted by Crippen LogP contribution is -2.57. The largest absolute Gasteiger partial charge is 0.477 e. The molecule has 0 spiro atoms. The Labute approximate surface area is 118 Å². The van der Waals surface area contributed by atoms with Gasteiger partial charge in [0.1, 0.15) is 0 Å². The highest BCUT2D eigenvalue weighted by Gasteiger charge is 2.39. The van der Waals surface area contributed by atoms with Gasteiger partial charge in [0.2, 0.25) is 0 Å². The number of pyridine rings is 1. The summed E-state index contributed by atoms with van der Waals surface area (Å²) in [6.07, 6.45) is 0. The Morgan fingerprint density at radius 2 is 1.85 bits per heavy atom. The van der Waals surface area contributed by atoms with Crippen LogP contribution in [0.4, 0.5) is 11.5 Å². The molecule has 2 heterocycles. The van der Waals surface area contributed by atoms with Crippen molar-refractivity contribution in [3.8, 4) is 0 Å². The molecule has 20 heavy (non-hydrogen) atoms. The monoisotopic (exact) mass is 279 g/mol. The molecule has 0 aliphatic carbocycles. The number of nitrogens with zero attached hydrogens (tertiary/aromatic N) is 2. The van der Waals surface area contributed by atoms with E-state index < -0.39 is 5.97 Å². The van der Waals surface area contributed by atoms with E-state index in [0.717, 1.165) is 0 Å². The first kappa shape index (κ1) is 14.6. The topological polar surface area (TPSA) is 88.7 Å². The number of morpholine rings is 1. The normalized spacial score (nSPS) is 20.7. The minimum Gasteiger partial charge on any atom is -0.477 e. The maximum Gasteiger partial charge on any atom is 0.354 e. The van der Waals surface area contributed by atoms with Crippen LogP contribution in [0.25, 0.3) is 0 Å². The summed E-state index contributed by atoms with van der Waals surface area (Å²) < 4.78 is 6.00. The molecular formula is C14H21N3O3. The van der Waals surface area contributed by atoms with Crippen molar-refractivity contribution in [2.24, 2.45) is 0 Å². The molecule has 6 nitrogen and oxygen atoms in total. The van der Waals surface area contributed by atoms with Gasteiger partial charge in [-0.1, -0.05) is 0 Å². The van der Waals surface area contributed by atoms with Crippen molar-refractivity contribution in [3.63, 3.8) is 0 Å². The first-order valence-electron chi connectivity index (χ1n) is 6.55. The molecule has 0 unspecified atom stereocenters. The molecule has 1 saturated heterocycles. The average molecular weight is 279 g/mol. The van der Waals surface area contributed by atoms with Gasteiger partial charge in [-0.15, -0.1) is 0 Å². The lowest BCUT2D eigenvalue weighted by atomic mass is 9.99. The minimum atomic E-state index is -1.06. The summed E-state index contributed by atoms with van der Waals surface area (Å²) in [6, 6.07) is 3.00. The number of rotatable bonds is 2. The number of hydrogen-bond acceptors (Lipinski definition) is 5. The second-order valence-corrected chi connectivity index (χ2v) is 6.39. The van der Waals surface area contributed by atoms with E-state index in [-0.39, 0.29) is 16.9 Å². The molecule has 2 rings (SSSR count). The molecule has 1 aliphatic heterocycles. The van der Waals surface area contributed by atoms with Crippen LogP contribution in [0.15, 0.2) is 12.1 Å². The van der Waals surface area contributed by atoms with Gasteiger partial charge in [-0.25, -0.2) is 9.78 Å². The summed E-state index contributed by atoms with van der Waals surface area (Å²) in [7, 11) is 0. The van der Waals surface area contributed by atoms with E-state index in [1.807, 2.05) is 32.6 Å². The SMILES string of the molecule is CC1(C)CN(c2nc(C(=O)O)ccc2N)CC(C)(C)O1. The quantitative estimate of drug-likeness (QED) is 0.857. The Hall–Kier alpha value is -1.82. The van der Waals surface area contributed by atoms with Gasteiger partial charge >= 0.3 is 5.97 Å². The van der Waals surface area contributed by atoms with Gasteiger partial charge in [-0.3, -0.25) is 0 Å². The molecule has 3 N–H and O–H groups in total. The van der Waals surface area contributed by atoms with Gasteiger partial charge in [0.15, 0.2) is 11.5 Å². The zero-order valence-corrected chi connectivity index (χ0v) is 12.3. The van der Waals surface area contributed by atoms with E-state index in [4.69, 9.17) is 15.6 Å². The fourth-order valence-corrected chi connectivity index (χ4v) is 2.77. The standard InChI is InChI=1S/C14H21N3O3/c1-13(2)7-17(8-14(3,4)20-13)11-9(15)5-6-10(16-11)12(18)19/h5-6H,7-8,15H2,1-4H3,(H,18,19). The lowest BCUT2D eigenvalue weighted by Gasteiger charge is -2.47. The van der Waals surface area contributed by atoms with Crippen molar-refractivity contribution in [2.75, 3.05) is 23.7 Å². The van der Waals surface area contributed by atoms with E-state index in [0.29, 0.717) is 24.6 Å². The highest BCUT2D eigenvalue weighted by Crippen LogP contribution is 2.32. The second-order valence-electron chi connectivity index (χ2n) is 6.39. The molecule has 1 aromatic rings. The number of nitrogen functional groups attached to an aromatic ring is 1. The smallest absolute Gasteiger partial charge is 0.354 e. The van der Waals surface area contributed by atoms with Crippen LogP contribution in [0, 0.1) is 0 Å². The van der Waals surface area contributed by atoms with Gasteiger partial charge in [0, 0.05) is 13.1 Å². The molecular weight excluding hydrogens is 258 g/mol. The highest BCUT2D eigenvalue weighted by molar-refractivity contribution is 5.87. The van der Waals surface area contributed by atoms with Crippen LogP contribution in [-0.4, -0.2) is 40.4 Å². The summed E-state index contributed by atoms with van der Waals surface area (Å²) in [5.74, 6) is -0.549. The summed E-state index contributed by atoms with van der Waals surface area (Å²) in [4.78, 5) is 17.2. The summed E-state index contributed by atoms with van der Waals surface area (Å²) in [5, 5.41) is 9.06. The van der Waals surface area contributed by atoms with E-state index in [1.165, 1.54) is 6.07 Å². The minimum absolute atomic E-state index is 0.00342. The molecule has 0 aromatic carbocycles. The zero-order valence-electron chi connectivity index (χ0n) is 12.3. The third-order valence-corrected chi connectivity index (χ3v) is 3.12. The van der Waals surface area contributed by atoms with E-state index in [1.54, 1.807) is 6.07 Å². The molecule has 1 fully saturated rings. The first-order valence-corrected chi connectivity index (χ1v) is 6.55. The molecule has 0 atom stereocenters. The average Bonchev–Trinajstić information content (AvgIpc) is 2.24. The molecule has 0 saturated carbocycles. The fraction of sp³-hybridized carbons (Fsp3) is 0.571. The number of carboxylic acid groups (broad SMARTS) is 1. The van der Waals surface area contributed by atoms with Crippen LogP contribution < -0.4 is 10.6 Å². The van der Waals surface area contributed by atoms with Gasteiger partial charge < -0.3 is 20.5 Å². The van der Waals surface area contributed by atoms with Gasteiger partial charge in [-0.05, 0) is 39.8 Å².